The van der Waals surface area contributed by atoms with Crippen molar-refractivity contribution in [2.75, 3.05) is 0 Å². The minimum Gasteiger partial charge on any atom is -0.398 e. The van der Waals surface area contributed by atoms with E-state index in [0.717, 1.165) is 5.56 Å². The highest BCUT2D eigenvalue weighted by atomic mass is 16.1. The Morgan fingerprint density at radius 1 is 1.00 bits per heavy atom. The zero-order valence-corrected chi connectivity index (χ0v) is 10.9. The first-order valence-electron chi connectivity index (χ1n) is 5.75. The van der Waals surface area contributed by atoms with E-state index in [-0.39, 0.29) is 11.7 Å². The number of primary amides is 1. The van der Waals surface area contributed by atoms with Crippen molar-refractivity contribution in [1.29, 1.82) is 0 Å². The van der Waals surface area contributed by atoms with Gasteiger partial charge in [0.05, 0.1) is 0 Å². The van der Waals surface area contributed by atoms with Crippen LogP contribution in [0, 0.1) is 5.92 Å². The molecule has 1 rings (SSSR count). The van der Waals surface area contributed by atoms with Gasteiger partial charge in [-0.2, -0.15) is 0 Å². The zero-order chi connectivity index (χ0) is 13.9. The summed E-state index contributed by atoms with van der Waals surface area (Å²) in [7, 11) is 0. The molecule has 1 amide bonds. The third-order valence-corrected chi connectivity index (χ3v) is 2.73. The topological polar surface area (TPSA) is 86.2 Å². The smallest absolute Gasteiger partial charge is 0.248 e. The molecule has 0 spiro atoms. The lowest BCUT2D eigenvalue weighted by molar-refractivity contribution is -0.113. The number of rotatable bonds is 4. The lowest BCUT2D eigenvalue weighted by Gasteiger charge is -2.13. The molecule has 0 fully saturated rings. The molecule has 0 unspecified atom stereocenters. The Balaban J connectivity index is 3.24. The van der Waals surface area contributed by atoms with E-state index >= 15 is 0 Å². The van der Waals surface area contributed by atoms with E-state index in [0.29, 0.717) is 16.8 Å². The Morgan fingerprint density at radius 3 is 1.78 bits per heavy atom. The zero-order valence-electron chi connectivity index (χ0n) is 10.9. The highest BCUT2D eigenvalue weighted by Crippen LogP contribution is 2.21. The van der Waals surface area contributed by atoms with Crippen LogP contribution in [0.5, 0.6) is 0 Å². The summed E-state index contributed by atoms with van der Waals surface area (Å²) in [6, 6.07) is 6.59. The van der Waals surface area contributed by atoms with Gasteiger partial charge < -0.3 is 11.5 Å². The predicted molar refractivity (Wildman–Crippen MR) is 71.6 cm³/mol. The van der Waals surface area contributed by atoms with Gasteiger partial charge >= 0.3 is 0 Å². The van der Waals surface area contributed by atoms with Crippen LogP contribution in [0.3, 0.4) is 0 Å². The summed E-state index contributed by atoms with van der Waals surface area (Å²) >= 11 is 0. The third-order valence-electron chi connectivity index (χ3n) is 2.73. The fraction of sp³-hybridized carbons (Fsp3) is 0.286. The first-order chi connectivity index (χ1) is 8.34. The number of benzene rings is 1. The normalized spacial score (nSPS) is 12.2. The number of hydrogen-bond acceptors (Lipinski definition) is 3. The van der Waals surface area contributed by atoms with E-state index < -0.39 is 5.91 Å². The summed E-state index contributed by atoms with van der Waals surface area (Å²) < 4.78 is 0. The minimum atomic E-state index is -0.486. The van der Waals surface area contributed by atoms with Crippen LogP contribution in [-0.2, 0) is 4.79 Å². The number of carbonyl (C=O) groups excluding carboxylic acids is 2. The first-order valence-corrected chi connectivity index (χ1v) is 5.75. The second-order valence-corrected chi connectivity index (χ2v) is 4.48. The van der Waals surface area contributed by atoms with Gasteiger partial charge in [0, 0.05) is 16.8 Å². The highest BCUT2D eigenvalue weighted by molar-refractivity contribution is 6.01. The summed E-state index contributed by atoms with van der Waals surface area (Å²) in [5.74, 6) is -0.473. The van der Waals surface area contributed by atoms with Gasteiger partial charge in [-0.05, 0) is 30.5 Å². The predicted octanol–water partition coefficient (Wildman–Crippen LogP) is 1.70. The van der Waals surface area contributed by atoms with Crippen molar-refractivity contribution < 1.29 is 9.59 Å². The van der Waals surface area contributed by atoms with E-state index in [4.69, 9.17) is 11.5 Å². The number of hydrogen-bond donors (Lipinski definition) is 2. The molecule has 4 nitrogen and oxygen atoms in total. The molecule has 0 aliphatic carbocycles. The number of allylic oxidation sites excluding steroid dienone is 1. The molecule has 0 heterocycles. The average Bonchev–Trinajstić information content (AvgIpc) is 2.28. The molecule has 1 aromatic rings. The summed E-state index contributed by atoms with van der Waals surface area (Å²) in [6.07, 6.45) is 0. The van der Waals surface area contributed by atoms with Crippen LogP contribution in [0.1, 0.15) is 36.7 Å². The van der Waals surface area contributed by atoms with Gasteiger partial charge in [-0.15, -0.1) is 0 Å². The van der Waals surface area contributed by atoms with Gasteiger partial charge in [0.25, 0.3) is 0 Å². The second-order valence-electron chi connectivity index (χ2n) is 4.48. The maximum absolute atomic E-state index is 11.6. The van der Waals surface area contributed by atoms with Crippen molar-refractivity contribution in [2.24, 2.45) is 17.4 Å². The molecule has 0 aromatic heterocycles. The molecule has 0 bridgehead atoms. The maximum atomic E-state index is 11.6. The molecule has 0 atom stereocenters. The molecule has 0 aliphatic heterocycles. The Bertz CT molecular complexity index is 499. The standard InChI is InChI=1S/C14H18N2O2/c1-8(2)12(9(3)17)13(15)10-4-6-11(7-5-10)14(16)18/h4-8H,15H2,1-3H3,(H2,16,18)/b13-12-. The number of ketones is 1. The lowest BCUT2D eigenvalue weighted by atomic mass is 9.94. The van der Waals surface area contributed by atoms with Gasteiger partial charge in [0.2, 0.25) is 5.91 Å². The van der Waals surface area contributed by atoms with Crippen LogP contribution in [0.2, 0.25) is 0 Å². The van der Waals surface area contributed by atoms with E-state index in [1.54, 1.807) is 24.3 Å². The summed E-state index contributed by atoms with van der Waals surface area (Å²) in [6.45, 7) is 5.34. The average molecular weight is 246 g/mol. The van der Waals surface area contributed by atoms with Gasteiger partial charge in [0.1, 0.15) is 0 Å². The summed E-state index contributed by atoms with van der Waals surface area (Å²) in [5, 5.41) is 0. The number of Topliss-reactive ketones (excluding diaryl/α,β-unsaturated/α-hetero) is 1. The Morgan fingerprint density at radius 2 is 1.44 bits per heavy atom. The number of carbonyl (C=O) groups is 2. The van der Waals surface area contributed by atoms with E-state index in [1.165, 1.54) is 6.92 Å². The molecular formula is C14H18N2O2. The van der Waals surface area contributed by atoms with E-state index in [2.05, 4.69) is 0 Å². The van der Waals surface area contributed by atoms with Crippen molar-refractivity contribution in [3.8, 4) is 0 Å². The van der Waals surface area contributed by atoms with Crippen LogP contribution in [0.4, 0.5) is 0 Å². The molecule has 1 aromatic carbocycles. The Kier molecular flexibility index (Phi) is 4.26. The lowest BCUT2D eigenvalue weighted by Crippen LogP contribution is -2.13. The van der Waals surface area contributed by atoms with E-state index in [1.807, 2.05) is 13.8 Å². The SMILES string of the molecule is CC(=O)/C(=C(\N)c1ccc(C(N)=O)cc1)C(C)C. The van der Waals surface area contributed by atoms with Gasteiger partial charge in [-0.1, -0.05) is 26.0 Å². The monoisotopic (exact) mass is 246 g/mol. The molecule has 96 valence electrons. The van der Waals surface area contributed by atoms with Crippen molar-refractivity contribution in [3.63, 3.8) is 0 Å². The second kappa shape index (κ2) is 5.49. The maximum Gasteiger partial charge on any atom is 0.248 e. The molecule has 0 radical (unpaired) electrons. The molecule has 0 saturated carbocycles. The third kappa shape index (κ3) is 2.97. The molecule has 0 aliphatic rings. The largest absolute Gasteiger partial charge is 0.398 e. The van der Waals surface area contributed by atoms with Crippen LogP contribution >= 0.6 is 0 Å². The van der Waals surface area contributed by atoms with Crippen LogP contribution in [0.25, 0.3) is 5.70 Å². The van der Waals surface area contributed by atoms with Crippen LogP contribution < -0.4 is 11.5 Å². The molecular weight excluding hydrogens is 228 g/mol. The number of nitrogens with two attached hydrogens (primary N) is 2. The first kappa shape index (κ1) is 14.0. The Hall–Kier alpha value is -2.10. The molecule has 4 heteroatoms. The summed E-state index contributed by atoms with van der Waals surface area (Å²) in [4.78, 5) is 22.5. The summed E-state index contributed by atoms with van der Waals surface area (Å²) in [5.41, 5.74) is 13.4. The molecule has 0 saturated heterocycles. The Labute approximate surface area is 107 Å². The van der Waals surface area contributed by atoms with Gasteiger partial charge in [-0.3, -0.25) is 9.59 Å². The fourth-order valence-electron chi connectivity index (χ4n) is 1.88. The molecule has 18 heavy (non-hydrogen) atoms. The van der Waals surface area contributed by atoms with Crippen molar-refractivity contribution in [2.45, 2.75) is 20.8 Å². The highest BCUT2D eigenvalue weighted by Gasteiger charge is 2.14. The minimum absolute atomic E-state index is 0.0403. The number of amides is 1. The van der Waals surface area contributed by atoms with Crippen molar-refractivity contribution in [1.82, 2.24) is 0 Å². The van der Waals surface area contributed by atoms with Crippen LogP contribution in [0.15, 0.2) is 29.8 Å². The fourth-order valence-corrected chi connectivity index (χ4v) is 1.88. The van der Waals surface area contributed by atoms with Crippen molar-refractivity contribution in [3.05, 3.63) is 41.0 Å². The van der Waals surface area contributed by atoms with Gasteiger partial charge in [-0.25, -0.2) is 0 Å². The van der Waals surface area contributed by atoms with Crippen molar-refractivity contribution >= 4 is 17.4 Å². The molecule has 4 N–H and O–H groups in total. The van der Waals surface area contributed by atoms with Crippen LogP contribution in [-0.4, -0.2) is 11.7 Å². The van der Waals surface area contributed by atoms with Gasteiger partial charge in [0.15, 0.2) is 5.78 Å². The van der Waals surface area contributed by atoms with E-state index in [9.17, 15) is 9.59 Å². The quantitative estimate of drug-likeness (QED) is 0.793.